The molecule has 0 radical (unpaired) electrons. The number of hydrazone groups is 1. The maximum absolute atomic E-state index is 14.6. The topological polar surface area (TPSA) is 65.5 Å². The number of benzene rings is 2. The molecule has 0 unspecified atom stereocenters. The molecule has 0 N–H and O–H groups in total. The first-order chi connectivity index (χ1) is 18.5. The van der Waals surface area contributed by atoms with Crippen molar-refractivity contribution in [1.82, 2.24) is 14.8 Å². The number of nitrogens with zero attached hydrogens (tertiary/aromatic N) is 4. The van der Waals surface area contributed by atoms with Crippen LogP contribution in [0, 0.1) is 11.6 Å². The zero-order valence-corrected chi connectivity index (χ0v) is 21.6. The minimum Gasteiger partial charge on any atom is -0.379 e. The molecule has 3 heterocycles. The highest BCUT2D eigenvalue weighted by atomic mass is 32.1. The fourth-order valence-electron chi connectivity index (χ4n) is 4.67. The molecule has 198 valence electrons. The van der Waals surface area contributed by atoms with Crippen LogP contribution in [-0.2, 0) is 9.53 Å². The number of morpholine rings is 1. The quantitative estimate of drug-likeness (QED) is 0.432. The zero-order chi connectivity index (χ0) is 26.5. The summed E-state index contributed by atoms with van der Waals surface area (Å²) in [5, 5.41) is 7.67. The maximum atomic E-state index is 14.6. The number of ether oxygens (including phenoxy) is 1. The summed E-state index contributed by atoms with van der Waals surface area (Å²) in [5.41, 5.74) is 1.42. The lowest BCUT2D eigenvalue weighted by Gasteiger charge is -2.31. The van der Waals surface area contributed by atoms with E-state index in [9.17, 15) is 18.4 Å². The molecule has 2 aliphatic rings. The van der Waals surface area contributed by atoms with E-state index in [0.717, 1.165) is 13.1 Å². The van der Waals surface area contributed by atoms with Gasteiger partial charge in [-0.15, -0.1) is 11.3 Å². The molecule has 10 heteroatoms. The number of amides is 2. The van der Waals surface area contributed by atoms with Crippen LogP contribution >= 0.6 is 11.3 Å². The highest BCUT2D eigenvalue weighted by Crippen LogP contribution is 2.33. The average molecular weight is 539 g/mol. The Kier molecular flexibility index (Phi) is 8.21. The molecule has 2 aromatic carbocycles. The van der Waals surface area contributed by atoms with Crippen molar-refractivity contribution in [2.45, 2.75) is 12.5 Å². The van der Waals surface area contributed by atoms with Gasteiger partial charge in [0.1, 0.15) is 18.2 Å². The van der Waals surface area contributed by atoms with Gasteiger partial charge in [-0.25, -0.2) is 13.8 Å². The maximum Gasteiger partial charge on any atom is 0.264 e. The summed E-state index contributed by atoms with van der Waals surface area (Å²) in [7, 11) is 0. The number of rotatable bonds is 8. The van der Waals surface area contributed by atoms with Gasteiger partial charge in [0.2, 0.25) is 0 Å². The molecule has 0 spiro atoms. The molecule has 0 aliphatic carbocycles. The molecule has 1 atom stereocenters. The largest absolute Gasteiger partial charge is 0.379 e. The van der Waals surface area contributed by atoms with Gasteiger partial charge in [0.15, 0.2) is 0 Å². The van der Waals surface area contributed by atoms with Crippen molar-refractivity contribution in [2.24, 2.45) is 5.10 Å². The lowest BCUT2D eigenvalue weighted by Crippen LogP contribution is -2.46. The highest BCUT2D eigenvalue weighted by Gasteiger charge is 2.35. The van der Waals surface area contributed by atoms with Gasteiger partial charge in [-0.1, -0.05) is 36.4 Å². The minimum absolute atomic E-state index is 0.188. The van der Waals surface area contributed by atoms with E-state index in [0.29, 0.717) is 48.0 Å². The van der Waals surface area contributed by atoms with Gasteiger partial charge in [0.05, 0.1) is 29.8 Å². The first-order valence-electron chi connectivity index (χ1n) is 12.5. The molecule has 3 aromatic rings. The fourth-order valence-corrected chi connectivity index (χ4v) is 5.36. The SMILES string of the molecule is O=C(c1cccs1)N(CCN1CCOCC1)CC(=O)N1N=C(c2ccccc2F)C[C@@H]1c1ccc(F)cc1. The second kappa shape index (κ2) is 11.9. The van der Waals surface area contributed by atoms with Crippen molar-refractivity contribution in [3.63, 3.8) is 0 Å². The fraction of sp³-hybridized carbons (Fsp3) is 0.321. The Labute approximate surface area is 223 Å². The molecule has 1 aromatic heterocycles. The Balaban J connectivity index is 1.40. The Morgan fingerprint density at radius 2 is 1.79 bits per heavy atom. The van der Waals surface area contributed by atoms with Crippen molar-refractivity contribution in [2.75, 3.05) is 45.9 Å². The van der Waals surface area contributed by atoms with Crippen LogP contribution in [0.25, 0.3) is 0 Å². The predicted octanol–water partition coefficient (Wildman–Crippen LogP) is 4.18. The molecule has 38 heavy (non-hydrogen) atoms. The molecule has 2 amide bonds. The Bertz CT molecular complexity index is 1290. The van der Waals surface area contributed by atoms with Gasteiger partial charge < -0.3 is 9.64 Å². The zero-order valence-electron chi connectivity index (χ0n) is 20.8. The number of carbonyl (C=O) groups excluding carboxylic acids is 2. The lowest BCUT2D eigenvalue weighted by molar-refractivity contribution is -0.133. The second-order valence-corrected chi connectivity index (χ2v) is 10.1. The van der Waals surface area contributed by atoms with Crippen LogP contribution in [-0.4, -0.2) is 78.3 Å². The monoisotopic (exact) mass is 538 g/mol. The summed E-state index contributed by atoms with van der Waals surface area (Å²) in [5.74, 6) is -1.44. The van der Waals surface area contributed by atoms with Crippen molar-refractivity contribution in [3.8, 4) is 0 Å². The first kappa shape index (κ1) is 26.1. The number of hydrogen-bond donors (Lipinski definition) is 0. The van der Waals surface area contributed by atoms with E-state index in [1.807, 2.05) is 5.38 Å². The molecule has 1 fully saturated rings. The Hall–Kier alpha value is -3.47. The molecule has 5 rings (SSSR count). The van der Waals surface area contributed by atoms with Gasteiger partial charge in [-0.3, -0.25) is 14.5 Å². The predicted molar refractivity (Wildman–Crippen MR) is 141 cm³/mol. The highest BCUT2D eigenvalue weighted by molar-refractivity contribution is 7.12. The Morgan fingerprint density at radius 3 is 2.50 bits per heavy atom. The van der Waals surface area contributed by atoms with E-state index >= 15 is 0 Å². The van der Waals surface area contributed by atoms with Crippen LogP contribution in [0.4, 0.5) is 8.78 Å². The molecule has 0 bridgehead atoms. The van der Waals surface area contributed by atoms with Crippen LogP contribution in [0.2, 0.25) is 0 Å². The number of hydrogen-bond acceptors (Lipinski definition) is 6. The summed E-state index contributed by atoms with van der Waals surface area (Å²) < 4.78 is 33.7. The van der Waals surface area contributed by atoms with E-state index in [1.54, 1.807) is 47.4 Å². The average Bonchev–Trinajstić information content (AvgIpc) is 3.63. The normalized spacial score (nSPS) is 17.9. The van der Waals surface area contributed by atoms with E-state index in [4.69, 9.17) is 4.74 Å². The summed E-state index contributed by atoms with van der Waals surface area (Å²) in [4.78, 5) is 31.4. The van der Waals surface area contributed by atoms with Gasteiger partial charge >= 0.3 is 0 Å². The number of halogens is 2. The number of thiophene rings is 1. The smallest absolute Gasteiger partial charge is 0.264 e. The van der Waals surface area contributed by atoms with Crippen LogP contribution in [0.3, 0.4) is 0 Å². The molecular weight excluding hydrogens is 510 g/mol. The van der Waals surface area contributed by atoms with Crippen molar-refractivity contribution >= 4 is 28.9 Å². The number of carbonyl (C=O) groups is 2. The van der Waals surface area contributed by atoms with E-state index < -0.39 is 23.6 Å². The van der Waals surface area contributed by atoms with Crippen LogP contribution in [0.15, 0.2) is 71.1 Å². The molecule has 2 aliphatic heterocycles. The van der Waals surface area contributed by atoms with Crippen LogP contribution in [0.1, 0.15) is 33.3 Å². The third-order valence-corrected chi connectivity index (χ3v) is 7.60. The third-order valence-electron chi connectivity index (χ3n) is 6.74. The van der Waals surface area contributed by atoms with Gasteiger partial charge in [-0.05, 0) is 35.2 Å². The lowest BCUT2D eigenvalue weighted by atomic mass is 9.98. The summed E-state index contributed by atoms with van der Waals surface area (Å²) in [6.45, 7) is 3.60. The first-order valence-corrected chi connectivity index (χ1v) is 13.4. The Morgan fingerprint density at radius 1 is 1.03 bits per heavy atom. The van der Waals surface area contributed by atoms with Crippen LogP contribution < -0.4 is 0 Å². The standard InChI is InChI=1S/C28H28F2N4O3S/c29-21-9-7-20(8-10-21)25-18-24(22-4-1-2-5-23(22)30)31-34(25)27(35)19-33(28(36)26-6-3-17-38-26)12-11-32-13-15-37-16-14-32/h1-10,17,25H,11-16,18-19H2/t25-/m1/s1. The van der Waals surface area contributed by atoms with Gasteiger partial charge in [0.25, 0.3) is 11.8 Å². The van der Waals surface area contributed by atoms with Gasteiger partial charge in [-0.2, -0.15) is 5.10 Å². The second-order valence-electron chi connectivity index (χ2n) is 9.19. The molecular formula is C28H28F2N4O3S. The van der Waals surface area contributed by atoms with Gasteiger partial charge in [0, 0.05) is 38.2 Å². The van der Waals surface area contributed by atoms with Crippen LogP contribution in [0.5, 0.6) is 0 Å². The van der Waals surface area contributed by atoms with Crippen molar-refractivity contribution < 1.29 is 23.1 Å². The van der Waals surface area contributed by atoms with E-state index in [-0.39, 0.29) is 18.9 Å². The van der Waals surface area contributed by atoms with E-state index in [1.165, 1.54) is 34.5 Å². The van der Waals surface area contributed by atoms with Crippen molar-refractivity contribution in [3.05, 3.63) is 93.7 Å². The third kappa shape index (κ3) is 5.98. The van der Waals surface area contributed by atoms with E-state index in [2.05, 4.69) is 10.0 Å². The summed E-state index contributed by atoms with van der Waals surface area (Å²) in [6.07, 6.45) is 0.269. The molecule has 7 nitrogen and oxygen atoms in total. The minimum atomic E-state index is -0.546. The summed E-state index contributed by atoms with van der Waals surface area (Å²) in [6, 6.07) is 15.1. The molecule has 1 saturated heterocycles. The molecule has 0 saturated carbocycles. The summed E-state index contributed by atoms with van der Waals surface area (Å²) >= 11 is 1.32. The van der Waals surface area contributed by atoms with Crippen molar-refractivity contribution in [1.29, 1.82) is 0 Å².